The monoisotopic (exact) mass is 347 g/mol. The largest absolute Gasteiger partial charge is 0.270 e. The first kappa shape index (κ1) is 17.2. The van der Waals surface area contributed by atoms with Gasteiger partial charge in [-0.05, 0) is 19.9 Å². The molecule has 0 saturated carbocycles. The number of hydrogen-bond donors (Lipinski definition) is 1. The SMILES string of the molecule is CC(=NNc1nc(C)cc(-c2ccccc2)n1)c1cccc([N+](=O)[O-])c1. The molecule has 26 heavy (non-hydrogen) atoms. The zero-order valence-electron chi connectivity index (χ0n) is 14.4. The average molecular weight is 347 g/mol. The first-order chi connectivity index (χ1) is 12.5. The van der Waals surface area contributed by atoms with Crippen molar-refractivity contribution >= 4 is 17.3 Å². The lowest BCUT2D eigenvalue weighted by Gasteiger charge is -2.06. The molecule has 0 amide bonds. The van der Waals surface area contributed by atoms with Crippen molar-refractivity contribution < 1.29 is 4.92 Å². The number of nitrogens with zero attached hydrogens (tertiary/aromatic N) is 4. The van der Waals surface area contributed by atoms with Gasteiger partial charge in [0.05, 0.1) is 16.3 Å². The summed E-state index contributed by atoms with van der Waals surface area (Å²) in [6.45, 7) is 3.65. The molecule has 3 rings (SSSR count). The quantitative estimate of drug-likeness (QED) is 0.424. The van der Waals surface area contributed by atoms with Gasteiger partial charge < -0.3 is 0 Å². The van der Waals surface area contributed by atoms with E-state index in [1.807, 2.05) is 43.3 Å². The summed E-state index contributed by atoms with van der Waals surface area (Å²) in [4.78, 5) is 19.3. The summed E-state index contributed by atoms with van der Waals surface area (Å²) in [5, 5.41) is 15.2. The van der Waals surface area contributed by atoms with E-state index in [1.54, 1.807) is 19.1 Å². The van der Waals surface area contributed by atoms with Gasteiger partial charge in [-0.15, -0.1) is 0 Å². The van der Waals surface area contributed by atoms with Crippen molar-refractivity contribution in [1.82, 2.24) is 9.97 Å². The Bertz CT molecular complexity index is 971. The Morgan fingerprint density at radius 3 is 2.58 bits per heavy atom. The number of non-ortho nitro benzene ring substituents is 1. The normalized spacial score (nSPS) is 11.2. The maximum atomic E-state index is 10.9. The van der Waals surface area contributed by atoms with Crippen molar-refractivity contribution in [1.29, 1.82) is 0 Å². The van der Waals surface area contributed by atoms with Crippen LogP contribution in [0.2, 0.25) is 0 Å². The molecule has 0 aliphatic heterocycles. The molecule has 2 aromatic carbocycles. The van der Waals surface area contributed by atoms with Crippen LogP contribution in [0.3, 0.4) is 0 Å². The Morgan fingerprint density at radius 1 is 1.08 bits per heavy atom. The molecule has 0 radical (unpaired) electrons. The molecule has 0 saturated heterocycles. The third kappa shape index (κ3) is 4.07. The van der Waals surface area contributed by atoms with Gasteiger partial charge in [0, 0.05) is 29.0 Å². The first-order valence-electron chi connectivity index (χ1n) is 7.99. The molecule has 0 spiro atoms. The average Bonchev–Trinajstić information content (AvgIpc) is 2.66. The number of hydrogen-bond acceptors (Lipinski definition) is 6. The molecule has 130 valence electrons. The van der Waals surface area contributed by atoms with Crippen LogP contribution in [0.5, 0.6) is 0 Å². The van der Waals surface area contributed by atoms with E-state index in [0.717, 1.165) is 17.0 Å². The molecule has 0 aliphatic carbocycles. The number of rotatable bonds is 5. The van der Waals surface area contributed by atoms with Gasteiger partial charge in [-0.3, -0.25) is 10.1 Å². The zero-order chi connectivity index (χ0) is 18.5. The second-order valence-electron chi connectivity index (χ2n) is 5.70. The lowest BCUT2D eigenvalue weighted by Crippen LogP contribution is -2.04. The van der Waals surface area contributed by atoms with Crippen LogP contribution < -0.4 is 5.43 Å². The summed E-state index contributed by atoms with van der Waals surface area (Å²) in [6.07, 6.45) is 0. The lowest BCUT2D eigenvalue weighted by molar-refractivity contribution is -0.384. The van der Waals surface area contributed by atoms with Crippen molar-refractivity contribution in [2.24, 2.45) is 5.10 Å². The molecule has 7 heteroatoms. The minimum absolute atomic E-state index is 0.0234. The Kier molecular flexibility index (Phi) is 4.98. The number of anilines is 1. The van der Waals surface area contributed by atoms with E-state index in [9.17, 15) is 10.1 Å². The molecule has 0 bridgehead atoms. The van der Waals surface area contributed by atoms with Crippen LogP contribution >= 0.6 is 0 Å². The minimum Gasteiger partial charge on any atom is -0.258 e. The third-order valence-corrected chi connectivity index (χ3v) is 3.72. The van der Waals surface area contributed by atoms with E-state index in [-0.39, 0.29) is 5.69 Å². The molecule has 1 aromatic heterocycles. The van der Waals surface area contributed by atoms with Crippen molar-refractivity contribution in [3.63, 3.8) is 0 Å². The van der Waals surface area contributed by atoms with Crippen LogP contribution in [-0.2, 0) is 0 Å². The standard InChI is InChI=1S/C19H17N5O2/c1-13-11-18(15-7-4-3-5-8-15)21-19(20-13)23-22-14(2)16-9-6-10-17(12-16)24(25)26/h3-12H,1-2H3,(H,20,21,23). The van der Waals surface area contributed by atoms with Crippen molar-refractivity contribution in [3.05, 3.63) is 82.0 Å². The topological polar surface area (TPSA) is 93.3 Å². The van der Waals surface area contributed by atoms with Crippen molar-refractivity contribution in [2.75, 3.05) is 5.43 Å². The highest BCUT2D eigenvalue weighted by Crippen LogP contribution is 2.19. The third-order valence-electron chi connectivity index (χ3n) is 3.72. The van der Waals surface area contributed by atoms with Gasteiger partial charge in [0.15, 0.2) is 0 Å². The van der Waals surface area contributed by atoms with E-state index in [2.05, 4.69) is 20.5 Å². The summed E-state index contributed by atoms with van der Waals surface area (Å²) in [5.41, 5.74) is 6.71. The highest BCUT2D eigenvalue weighted by atomic mass is 16.6. The lowest BCUT2D eigenvalue weighted by atomic mass is 10.1. The Hall–Kier alpha value is -3.61. The summed E-state index contributed by atoms with van der Waals surface area (Å²) in [7, 11) is 0. The predicted octanol–water partition coefficient (Wildman–Crippen LogP) is 4.20. The van der Waals surface area contributed by atoms with Crippen LogP contribution in [0.4, 0.5) is 11.6 Å². The molecular formula is C19H17N5O2. The Labute approximate surface area is 150 Å². The van der Waals surface area contributed by atoms with Crippen LogP contribution in [0, 0.1) is 17.0 Å². The Balaban J connectivity index is 1.85. The van der Waals surface area contributed by atoms with Gasteiger partial charge >= 0.3 is 0 Å². The zero-order valence-corrected chi connectivity index (χ0v) is 14.4. The van der Waals surface area contributed by atoms with Gasteiger partial charge in [0.2, 0.25) is 5.95 Å². The summed E-state index contributed by atoms with van der Waals surface area (Å²) in [5.74, 6) is 0.369. The van der Waals surface area contributed by atoms with E-state index < -0.39 is 4.92 Å². The van der Waals surface area contributed by atoms with Gasteiger partial charge in [-0.25, -0.2) is 15.4 Å². The van der Waals surface area contributed by atoms with Gasteiger partial charge in [-0.2, -0.15) is 5.10 Å². The number of nitro groups is 1. The summed E-state index contributed by atoms with van der Waals surface area (Å²) >= 11 is 0. The van der Waals surface area contributed by atoms with Crippen LogP contribution in [0.15, 0.2) is 65.8 Å². The number of hydrazone groups is 1. The van der Waals surface area contributed by atoms with E-state index in [4.69, 9.17) is 0 Å². The van der Waals surface area contributed by atoms with Crippen LogP contribution in [0.1, 0.15) is 18.2 Å². The van der Waals surface area contributed by atoms with E-state index in [1.165, 1.54) is 12.1 Å². The number of nitrogens with one attached hydrogen (secondary N) is 1. The molecule has 1 N–H and O–H groups in total. The maximum Gasteiger partial charge on any atom is 0.270 e. The summed E-state index contributed by atoms with van der Waals surface area (Å²) in [6, 6.07) is 18.0. The second kappa shape index (κ2) is 7.52. The highest BCUT2D eigenvalue weighted by Gasteiger charge is 2.08. The van der Waals surface area contributed by atoms with Crippen molar-refractivity contribution in [3.8, 4) is 11.3 Å². The predicted molar refractivity (Wildman–Crippen MR) is 101 cm³/mol. The van der Waals surface area contributed by atoms with Crippen molar-refractivity contribution in [2.45, 2.75) is 13.8 Å². The minimum atomic E-state index is -0.431. The fourth-order valence-corrected chi connectivity index (χ4v) is 2.42. The second-order valence-corrected chi connectivity index (χ2v) is 5.70. The van der Waals surface area contributed by atoms with Crippen LogP contribution in [-0.4, -0.2) is 20.6 Å². The molecule has 7 nitrogen and oxygen atoms in total. The van der Waals surface area contributed by atoms with E-state index in [0.29, 0.717) is 17.2 Å². The molecule has 3 aromatic rings. The maximum absolute atomic E-state index is 10.9. The molecular weight excluding hydrogens is 330 g/mol. The first-order valence-corrected chi connectivity index (χ1v) is 7.99. The molecule has 0 fully saturated rings. The Morgan fingerprint density at radius 2 is 1.85 bits per heavy atom. The number of nitro benzene ring substituents is 1. The number of aromatic nitrogens is 2. The fraction of sp³-hybridized carbons (Fsp3) is 0.105. The molecule has 0 atom stereocenters. The molecule has 0 unspecified atom stereocenters. The fourth-order valence-electron chi connectivity index (χ4n) is 2.42. The molecule has 1 heterocycles. The van der Waals surface area contributed by atoms with Gasteiger partial charge in [0.1, 0.15) is 0 Å². The van der Waals surface area contributed by atoms with Gasteiger partial charge in [-0.1, -0.05) is 42.5 Å². The smallest absolute Gasteiger partial charge is 0.258 e. The summed E-state index contributed by atoms with van der Waals surface area (Å²) < 4.78 is 0. The molecule has 0 aliphatic rings. The number of aryl methyl sites for hydroxylation is 1. The van der Waals surface area contributed by atoms with Gasteiger partial charge in [0.25, 0.3) is 5.69 Å². The number of benzene rings is 2. The van der Waals surface area contributed by atoms with Crippen LogP contribution in [0.25, 0.3) is 11.3 Å². The van der Waals surface area contributed by atoms with E-state index >= 15 is 0 Å². The highest BCUT2D eigenvalue weighted by molar-refractivity contribution is 5.99.